The molecule has 3 heterocycles. The van der Waals surface area contributed by atoms with E-state index in [0.717, 1.165) is 60.3 Å². The van der Waals surface area contributed by atoms with Gasteiger partial charge in [0.2, 0.25) is 0 Å². The van der Waals surface area contributed by atoms with Gasteiger partial charge in [-0.1, -0.05) is 18.2 Å². The molecule has 0 amide bonds. The number of ether oxygens (including phenoxy) is 1. The van der Waals surface area contributed by atoms with Gasteiger partial charge in [0.1, 0.15) is 17.2 Å². The van der Waals surface area contributed by atoms with Gasteiger partial charge in [-0.15, -0.1) is 24.0 Å². The molecule has 7 nitrogen and oxygen atoms in total. The Labute approximate surface area is 206 Å². The molecular weight excluding hydrogens is 517 g/mol. The first-order chi connectivity index (χ1) is 15.1. The van der Waals surface area contributed by atoms with Gasteiger partial charge in [0.05, 0.1) is 25.8 Å². The molecule has 8 heteroatoms. The first kappa shape index (κ1) is 24.3. The van der Waals surface area contributed by atoms with Gasteiger partial charge in [-0.25, -0.2) is 9.98 Å². The molecule has 3 aromatic rings. The molecule has 1 aliphatic heterocycles. The van der Waals surface area contributed by atoms with Crippen LogP contribution in [-0.2, 0) is 17.8 Å². The fraction of sp³-hybridized carbons (Fsp3) is 0.417. The van der Waals surface area contributed by atoms with Gasteiger partial charge in [-0.3, -0.25) is 0 Å². The number of hydrogen-bond acceptors (Lipinski definition) is 5. The van der Waals surface area contributed by atoms with Crippen molar-refractivity contribution in [3.8, 4) is 0 Å². The van der Waals surface area contributed by atoms with E-state index >= 15 is 0 Å². The highest BCUT2D eigenvalue weighted by molar-refractivity contribution is 14.0. The zero-order chi connectivity index (χ0) is 21.6. The van der Waals surface area contributed by atoms with Crippen LogP contribution in [0.25, 0.3) is 11.0 Å². The average molecular weight is 549 g/mol. The Morgan fingerprint density at radius 3 is 2.91 bits per heavy atom. The minimum absolute atomic E-state index is 0. The van der Waals surface area contributed by atoms with Gasteiger partial charge in [0, 0.05) is 38.3 Å². The largest absolute Gasteiger partial charge is 0.459 e. The van der Waals surface area contributed by atoms with E-state index in [0.29, 0.717) is 13.1 Å². The van der Waals surface area contributed by atoms with E-state index in [1.807, 2.05) is 37.5 Å². The standard InChI is InChI=1S/C24H31N5O2.HI/c1-4-25-24(28(3)17-21-14-20-7-5-6-8-22(20)31-21)27-15-19-9-10-26-23(13-19)29-11-12-30-18(2)16-29;/h5-10,13-14,18H,4,11-12,15-17H2,1-3H3,(H,25,27);1H. The van der Waals surface area contributed by atoms with Crippen molar-refractivity contribution in [2.45, 2.75) is 33.0 Å². The number of fused-ring (bicyclic) bond motifs is 1. The molecule has 0 spiro atoms. The molecular formula is C24H32IN5O2. The van der Waals surface area contributed by atoms with Crippen molar-refractivity contribution in [3.05, 3.63) is 60.0 Å². The molecule has 1 atom stereocenters. The SMILES string of the molecule is CCNC(=NCc1ccnc(N2CCOC(C)C2)c1)N(C)Cc1cc2ccccc2o1.I. The maximum absolute atomic E-state index is 5.97. The Hall–Kier alpha value is -2.33. The lowest BCUT2D eigenvalue weighted by Crippen LogP contribution is -2.41. The van der Waals surface area contributed by atoms with Gasteiger partial charge in [-0.2, -0.15) is 0 Å². The van der Waals surface area contributed by atoms with Crippen molar-refractivity contribution in [3.63, 3.8) is 0 Å². The second kappa shape index (κ2) is 11.5. The van der Waals surface area contributed by atoms with E-state index in [1.54, 1.807) is 0 Å². The van der Waals surface area contributed by atoms with E-state index < -0.39 is 0 Å². The molecule has 0 aliphatic carbocycles. The first-order valence-corrected chi connectivity index (χ1v) is 10.9. The van der Waals surface area contributed by atoms with Crippen LogP contribution in [0.3, 0.4) is 0 Å². The quantitative estimate of drug-likeness (QED) is 0.282. The molecule has 1 fully saturated rings. The molecule has 1 saturated heterocycles. The molecule has 0 bridgehead atoms. The minimum atomic E-state index is 0. The van der Waals surface area contributed by atoms with Crippen LogP contribution >= 0.6 is 24.0 Å². The summed E-state index contributed by atoms with van der Waals surface area (Å²) in [5, 5.41) is 4.50. The highest BCUT2D eigenvalue weighted by Crippen LogP contribution is 2.20. The number of hydrogen-bond donors (Lipinski definition) is 1. The average Bonchev–Trinajstić information content (AvgIpc) is 3.19. The summed E-state index contributed by atoms with van der Waals surface area (Å²) in [5.41, 5.74) is 2.05. The number of benzene rings is 1. The third-order valence-corrected chi connectivity index (χ3v) is 5.35. The number of para-hydroxylation sites is 1. The van der Waals surface area contributed by atoms with E-state index in [-0.39, 0.29) is 30.1 Å². The summed E-state index contributed by atoms with van der Waals surface area (Å²) in [5.74, 6) is 2.76. The Morgan fingerprint density at radius 2 is 2.12 bits per heavy atom. The van der Waals surface area contributed by atoms with Crippen molar-refractivity contribution >= 4 is 46.7 Å². The van der Waals surface area contributed by atoms with Crippen LogP contribution in [0.4, 0.5) is 5.82 Å². The molecule has 0 saturated carbocycles. The third kappa shape index (κ3) is 6.13. The summed E-state index contributed by atoms with van der Waals surface area (Å²) in [6.45, 7) is 8.68. The molecule has 1 aliphatic rings. The number of halogens is 1. The summed E-state index contributed by atoms with van der Waals surface area (Å²) in [7, 11) is 2.03. The molecule has 172 valence electrons. The lowest BCUT2D eigenvalue weighted by Gasteiger charge is -2.32. The first-order valence-electron chi connectivity index (χ1n) is 10.9. The van der Waals surface area contributed by atoms with Crippen molar-refractivity contribution in [2.24, 2.45) is 4.99 Å². The highest BCUT2D eigenvalue weighted by atomic mass is 127. The fourth-order valence-electron chi connectivity index (χ4n) is 3.82. The summed E-state index contributed by atoms with van der Waals surface area (Å²) in [6, 6.07) is 14.3. The fourth-order valence-corrected chi connectivity index (χ4v) is 3.82. The minimum Gasteiger partial charge on any atom is -0.459 e. The van der Waals surface area contributed by atoms with E-state index in [4.69, 9.17) is 14.1 Å². The monoisotopic (exact) mass is 549 g/mol. The number of furan rings is 1. The topological polar surface area (TPSA) is 66.1 Å². The van der Waals surface area contributed by atoms with Crippen LogP contribution in [0, 0.1) is 0 Å². The van der Waals surface area contributed by atoms with E-state index in [2.05, 4.69) is 52.1 Å². The number of aromatic nitrogens is 1. The molecule has 4 rings (SSSR count). The number of nitrogens with zero attached hydrogens (tertiary/aromatic N) is 4. The summed E-state index contributed by atoms with van der Waals surface area (Å²) in [6.07, 6.45) is 2.09. The summed E-state index contributed by atoms with van der Waals surface area (Å²) in [4.78, 5) is 13.8. The van der Waals surface area contributed by atoms with Gasteiger partial charge in [0.15, 0.2) is 5.96 Å². The predicted octanol–water partition coefficient (Wildman–Crippen LogP) is 4.27. The zero-order valence-corrected chi connectivity index (χ0v) is 21.3. The van der Waals surface area contributed by atoms with Crippen LogP contribution < -0.4 is 10.2 Å². The lowest BCUT2D eigenvalue weighted by atomic mass is 10.2. The van der Waals surface area contributed by atoms with Crippen LogP contribution in [0.15, 0.2) is 58.1 Å². The summed E-state index contributed by atoms with van der Waals surface area (Å²) >= 11 is 0. The van der Waals surface area contributed by atoms with Gasteiger partial charge < -0.3 is 24.3 Å². The van der Waals surface area contributed by atoms with Crippen molar-refractivity contribution in [2.75, 3.05) is 38.2 Å². The summed E-state index contributed by atoms with van der Waals surface area (Å²) < 4.78 is 11.6. The van der Waals surface area contributed by atoms with Crippen molar-refractivity contribution in [1.82, 2.24) is 15.2 Å². The number of rotatable bonds is 6. The Kier molecular flexibility index (Phi) is 8.75. The second-order valence-electron chi connectivity index (χ2n) is 7.93. The van der Waals surface area contributed by atoms with Crippen LogP contribution in [0.5, 0.6) is 0 Å². The Balaban J connectivity index is 0.00000289. The van der Waals surface area contributed by atoms with Crippen LogP contribution in [0.2, 0.25) is 0 Å². The molecule has 32 heavy (non-hydrogen) atoms. The van der Waals surface area contributed by atoms with E-state index in [1.165, 1.54) is 0 Å². The number of guanidine groups is 1. The van der Waals surface area contributed by atoms with Crippen LogP contribution in [-0.4, -0.2) is 55.2 Å². The molecule has 1 aromatic carbocycles. The van der Waals surface area contributed by atoms with Gasteiger partial charge in [0.25, 0.3) is 0 Å². The number of anilines is 1. The number of morpholine rings is 1. The maximum atomic E-state index is 5.97. The van der Waals surface area contributed by atoms with Gasteiger partial charge in [-0.05, 0) is 43.7 Å². The maximum Gasteiger partial charge on any atom is 0.194 e. The number of aliphatic imine (C=N–C) groups is 1. The van der Waals surface area contributed by atoms with Gasteiger partial charge >= 0.3 is 0 Å². The highest BCUT2D eigenvalue weighted by Gasteiger charge is 2.18. The molecule has 1 unspecified atom stereocenters. The molecule has 2 aromatic heterocycles. The van der Waals surface area contributed by atoms with Crippen molar-refractivity contribution < 1.29 is 9.15 Å². The molecule has 0 radical (unpaired) electrons. The smallest absolute Gasteiger partial charge is 0.194 e. The predicted molar refractivity (Wildman–Crippen MR) is 140 cm³/mol. The third-order valence-electron chi connectivity index (χ3n) is 5.35. The number of pyridine rings is 1. The zero-order valence-electron chi connectivity index (χ0n) is 19.0. The van der Waals surface area contributed by atoms with Crippen LogP contribution in [0.1, 0.15) is 25.2 Å². The van der Waals surface area contributed by atoms with Crippen molar-refractivity contribution in [1.29, 1.82) is 0 Å². The number of nitrogens with one attached hydrogen (secondary N) is 1. The Bertz CT molecular complexity index is 1000. The molecule has 1 N–H and O–H groups in total. The normalized spacial score (nSPS) is 16.7. The Morgan fingerprint density at radius 1 is 1.28 bits per heavy atom. The second-order valence-corrected chi connectivity index (χ2v) is 7.93. The van der Waals surface area contributed by atoms with E-state index in [9.17, 15) is 0 Å². The lowest BCUT2D eigenvalue weighted by molar-refractivity contribution is 0.0529.